The van der Waals surface area contributed by atoms with Crippen LogP contribution in [-0.4, -0.2) is 47.5 Å². The summed E-state index contributed by atoms with van der Waals surface area (Å²) < 4.78 is 0.799. The molecule has 18 heavy (non-hydrogen) atoms. The van der Waals surface area contributed by atoms with Gasteiger partial charge in [-0.15, -0.1) is 12.4 Å². The fourth-order valence-electron chi connectivity index (χ4n) is 0.996. The average molecular weight is 304 g/mol. The minimum atomic E-state index is 0. The van der Waals surface area contributed by atoms with E-state index in [9.17, 15) is 0 Å². The molecule has 0 aliphatic rings. The standard InChI is InChI=1S/C12H17N3S2.ClH/c1-14(2)11(17-12(16)15(3)4)13-10-8-6-5-7-9-10;/h5-9H,1-4H3;1H. The summed E-state index contributed by atoms with van der Waals surface area (Å²) in [5.41, 5.74) is 0.935. The Hall–Kier alpha value is -0.780. The van der Waals surface area contributed by atoms with Crippen LogP contribution in [0.4, 0.5) is 5.69 Å². The number of rotatable bonds is 1. The van der Waals surface area contributed by atoms with Crippen LogP contribution in [0.15, 0.2) is 35.3 Å². The quantitative estimate of drug-likeness (QED) is 0.450. The van der Waals surface area contributed by atoms with Gasteiger partial charge in [0.25, 0.3) is 0 Å². The molecule has 1 aromatic rings. The molecule has 0 N–H and O–H groups in total. The van der Waals surface area contributed by atoms with Crippen molar-refractivity contribution < 1.29 is 0 Å². The molecule has 0 aliphatic carbocycles. The Balaban J connectivity index is 0.00000289. The lowest BCUT2D eigenvalue weighted by Gasteiger charge is -2.18. The highest BCUT2D eigenvalue weighted by atomic mass is 35.5. The second-order valence-electron chi connectivity index (χ2n) is 3.89. The fourth-order valence-corrected chi connectivity index (χ4v) is 1.89. The van der Waals surface area contributed by atoms with Gasteiger partial charge in [0.1, 0.15) is 4.32 Å². The molecule has 0 heterocycles. The molecule has 0 unspecified atom stereocenters. The first-order valence-corrected chi connectivity index (χ1v) is 6.43. The maximum Gasteiger partial charge on any atom is 0.170 e. The second kappa shape index (κ2) is 8.34. The largest absolute Gasteiger partial charge is 0.363 e. The van der Waals surface area contributed by atoms with Gasteiger partial charge in [-0.1, -0.05) is 30.4 Å². The Labute approximate surface area is 125 Å². The predicted octanol–water partition coefficient (Wildman–Crippen LogP) is 3.24. The van der Waals surface area contributed by atoms with Crippen molar-refractivity contribution in [3.8, 4) is 0 Å². The van der Waals surface area contributed by atoms with Gasteiger partial charge in [0, 0.05) is 28.2 Å². The molecule has 3 nitrogen and oxygen atoms in total. The van der Waals surface area contributed by atoms with Crippen LogP contribution >= 0.6 is 36.4 Å². The lowest BCUT2D eigenvalue weighted by Crippen LogP contribution is -2.24. The van der Waals surface area contributed by atoms with Gasteiger partial charge in [-0.2, -0.15) is 0 Å². The lowest BCUT2D eigenvalue weighted by molar-refractivity contribution is 0.634. The molecule has 0 aromatic heterocycles. The van der Waals surface area contributed by atoms with E-state index in [0.717, 1.165) is 15.2 Å². The van der Waals surface area contributed by atoms with E-state index in [4.69, 9.17) is 12.2 Å². The van der Waals surface area contributed by atoms with Crippen molar-refractivity contribution in [2.75, 3.05) is 28.2 Å². The summed E-state index contributed by atoms with van der Waals surface area (Å²) >= 11 is 6.76. The van der Waals surface area contributed by atoms with E-state index in [1.54, 1.807) is 0 Å². The molecule has 100 valence electrons. The van der Waals surface area contributed by atoms with Crippen LogP contribution in [0.3, 0.4) is 0 Å². The lowest BCUT2D eigenvalue weighted by atomic mass is 10.3. The highest BCUT2D eigenvalue weighted by Crippen LogP contribution is 2.17. The SMILES string of the molecule is CN(C)C(=S)SC(=Nc1ccccc1)N(C)C.Cl. The van der Waals surface area contributed by atoms with Crippen LogP contribution in [0.1, 0.15) is 0 Å². The third-order valence-electron chi connectivity index (χ3n) is 1.91. The molecule has 0 amide bonds. The van der Waals surface area contributed by atoms with Crippen LogP contribution in [0.25, 0.3) is 0 Å². The van der Waals surface area contributed by atoms with E-state index in [1.807, 2.05) is 68.3 Å². The Morgan fingerprint density at radius 2 is 1.61 bits per heavy atom. The number of hydrogen-bond donors (Lipinski definition) is 0. The number of para-hydroxylation sites is 1. The summed E-state index contributed by atoms with van der Waals surface area (Å²) in [5, 5.41) is 0.884. The van der Waals surface area contributed by atoms with E-state index in [-0.39, 0.29) is 12.4 Å². The normalized spacial score (nSPS) is 10.6. The minimum absolute atomic E-state index is 0. The molecule has 0 atom stereocenters. The molecule has 0 radical (unpaired) electrons. The monoisotopic (exact) mass is 303 g/mol. The highest BCUT2D eigenvalue weighted by Gasteiger charge is 2.09. The van der Waals surface area contributed by atoms with Gasteiger partial charge in [0.05, 0.1) is 5.69 Å². The van der Waals surface area contributed by atoms with Crippen molar-refractivity contribution >= 4 is 51.6 Å². The Kier molecular flexibility index (Phi) is 7.98. The predicted molar refractivity (Wildman–Crippen MR) is 88.3 cm³/mol. The Bertz CT molecular complexity index is 405. The fraction of sp³-hybridized carbons (Fsp3) is 0.333. The van der Waals surface area contributed by atoms with Crippen LogP contribution < -0.4 is 0 Å². The van der Waals surface area contributed by atoms with E-state index < -0.39 is 0 Å². The molecule has 6 heteroatoms. The first kappa shape index (κ1) is 17.2. The van der Waals surface area contributed by atoms with Crippen LogP contribution in [-0.2, 0) is 0 Å². The maximum absolute atomic E-state index is 5.27. The van der Waals surface area contributed by atoms with Crippen molar-refractivity contribution in [3.05, 3.63) is 30.3 Å². The zero-order valence-electron chi connectivity index (χ0n) is 11.0. The van der Waals surface area contributed by atoms with Crippen molar-refractivity contribution in [2.45, 2.75) is 0 Å². The first-order valence-electron chi connectivity index (χ1n) is 5.21. The van der Waals surface area contributed by atoms with Crippen molar-refractivity contribution in [2.24, 2.45) is 4.99 Å². The summed E-state index contributed by atoms with van der Waals surface area (Å²) in [6.07, 6.45) is 0. The van der Waals surface area contributed by atoms with Gasteiger partial charge in [-0.05, 0) is 23.9 Å². The molecule has 0 bridgehead atoms. The van der Waals surface area contributed by atoms with E-state index in [0.29, 0.717) is 0 Å². The van der Waals surface area contributed by atoms with Gasteiger partial charge in [0.15, 0.2) is 5.17 Å². The summed E-state index contributed by atoms with van der Waals surface area (Å²) in [6.45, 7) is 0. The Morgan fingerprint density at radius 3 is 2.06 bits per heavy atom. The number of hydrogen-bond acceptors (Lipinski definition) is 3. The molecule has 0 fully saturated rings. The topological polar surface area (TPSA) is 18.8 Å². The molecule has 0 saturated carbocycles. The number of amidine groups is 1. The molecular formula is C12H18ClN3S2. The van der Waals surface area contributed by atoms with Gasteiger partial charge >= 0.3 is 0 Å². The molecule has 0 spiro atoms. The Morgan fingerprint density at radius 1 is 1.06 bits per heavy atom. The average Bonchev–Trinajstić information content (AvgIpc) is 2.29. The van der Waals surface area contributed by atoms with E-state index >= 15 is 0 Å². The number of benzene rings is 1. The highest BCUT2D eigenvalue weighted by molar-refractivity contribution is 8.32. The third kappa shape index (κ3) is 5.71. The molecular weight excluding hydrogens is 286 g/mol. The number of thioether (sulfide) groups is 1. The van der Waals surface area contributed by atoms with E-state index in [2.05, 4.69) is 4.99 Å². The second-order valence-corrected chi connectivity index (χ2v) is 5.49. The summed E-state index contributed by atoms with van der Waals surface area (Å²) in [5.74, 6) is 0. The van der Waals surface area contributed by atoms with Crippen molar-refractivity contribution in [1.29, 1.82) is 0 Å². The molecule has 0 aliphatic heterocycles. The summed E-state index contributed by atoms with van der Waals surface area (Å²) in [7, 11) is 7.80. The molecule has 0 saturated heterocycles. The van der Waals surface area contributed by atoms with Gasteiger partial charge in [-0.25, -0.2) is 4.99 Å². The number of nitrogens with zero attached hydrogens (tertiary/aromatic N) is 3. The summed E-state index contributed by atoms with van der Waals surface area (Å²) in [4.78, 5) is 8.44. The third-order valence-corrected chi connectivity index (χ3v) is 3.70. The first-order chi connectivity index (χ1) is 8.00. The van der Waals surface area contributed by atoms with E-state index in [1.165, 1.54) is 11.8 Å². The van der Waals surface area contributed by atoms with Crippen LogP contribution in [0.2, 0.25) is 0 Å². The van der Waals surface area contributed by atoms with Crippen molar-refractivity contribution in [1.82, 2.24) is 9.80 Å². The van der Waals surface area contributed by atoms with Crippen molar-refractivity contribution in [3.63, 3.8) is 0 Å². The smallest absolute Gasteiger partial charge is 0.170 e. The van der Waals surface area contributed by atoms with Gasteiger partial charge in [-0.3, -0.25) is 0 Å². The molecule has 1 aromatic carbocycles. The zero-order chi connectivity index (χ0) is 12.8. The molecule has 1 rings (SSSR count). The van der Waals surface area contributed by atoms with Gasteiger partial charge < -0.3 is 9.80 Å². The number of halogens is 1. The van der Waals surface area contributed by atoms with Gasteiger partial charge in [0.2, 0.25) is 0 Å². The van der Waals surface area contributed by atoms with Crippen LogP contribution in [0, 0.1) is 0 Å². The minimum Gasteiger partial charge on any atom is -0.363 e. The zero-order valence-corrected chi connectivity index (χ0v) is 13.4. The van der Waals surface area contributed by atoms with Crippen LogP contribution in [0.5, 0.6) is 0 Å². The maximum atomic E-state index is 5.27. The summed E-state index contributed by atoms with van der Waals surface area (Å²) in [6, 6.07) is 9.87. The number of thiocarbonyl (C=S) groups is 1. The number of aliphatic imine (C=N–C) groups is 1.